The summed E-state index contributed by atoms with van der Waals surface area (Å²) in [6.07, 6.45) is 1.64. The van der Waals surface area contributed by atoms with E-state index in [0.29, 0.717) is 12.3 Å². The van der Waals surface area contributed by atoms with Gasteiger partial charge >= 0.3 is 0 Å². The van der Waals surface area contributed by atoms with Gasteiger partial charge in [0.05, 0.1) is 0 Å². The van der Waals surface area contributed by atoms with Crippen molar-refractivity contribution in [3.63, 3.8) is 0 Å². The minimum Gasteiger partial charge on any atom is -0.356 e. The third-order valence-electron chi connectivity index (χ3n) is 1.52. The van der Waals surface area contributed by atoms with Gasteiger partial charge in [-0.3, -0.25) is 4.79 Å². The number of nitrogens with one attached hydrogen (secondary N) is 2. The molecule has 1 amide bonds. The highest BCUT2D eigenvalue weighted by atomic mass is 16.1. The lowest BCUT2D eigenvalue weighted by Gasteiger charge is -2.06. The first-order chi connectivity index (χ1) is 5.66. The van der Waals surface area contributed by atoms with Crippen LogP contribution in [0.15, 0.2) is 0 Å². The Kier molecular flexibility index (Phi) is 6.76. The Balaban J connectivity index is 3.20. The van der Waals surface area contributed by atoms with Crippen molar-refractivity contribution in [2.24, 2.45) is 5.92 Å². The maximum absolute atomic E-state index is 11.1. The first-order valence-electron chi connectivity index (χ1n) is 4.58. The van der Waals surface area contributed by atoms with Gasteiger partial charge < -0.3 is 10.6 Å². The fraction of sp³-hybridized carbons (Fsp3) is 0.889. The molecule has 0 bridgehead atoms. The van der Waals surface area contributed by atoms with Crippen molar-refractivity contribution in [2.75, 3.05) is 20.1 Å². The van der Waals surface area contributed by atoms with Gasteiger partial charge in [-0.2, -0.15) is 0 Å². The summed E-state index contributed by atoms with van der Waals surface area (Å²) < 4.78 is 0. The lowest BCUT2D eigenvalue weighted by Crippen LogP contribution is -2.27. The summed E-state index contributed by atoms with van der Waals surface area (Å²) in [6.45, 7) is 5.84. The van der Waals surface area contributed by atoms with Gasteiger partial charge in [0, 0.05) is 13.0 Å². The number of carbonyl (C=O) groups excluding carboxylic acids is 1. The summed E-state index contributed by atoms with van der Waals surface area (Å²) in [5, 5.41) is 5.90. The van der Waals surface area contributed by atoms with Crippen LogP contribution in [0.5, 0.6) is 0 Å². The Labute approximate surface area is 74.9 Å². The second kappa shape index (κ2) is 7.10. The van der Waals surface area contributed by atoms with Crippen LogP contribution in [0, 0.1) is 5.92 Å². The molecule has 0 aliphatic rings. The average molecular weight is 172 g/mol. The molecule has 0 rings (SSSR count). The second-order valence-electron chi connectivity index (χ2n) is 3.41. The van der Waals surface area contributed by atoms with Gasteiger partial charge in [-0.25, -0.2) is 0 Å². The molecule has 2 N–H and O–H groups in total. The van der Waals surface area contributed by atoms with Crippen LogP contribution in [-0.2, 0) is 4.79 Å². The fourth-order valence-electron chi connectivity index (χ4n) is 0.936. The molecule has 12 heavy (non-hydrogen) atoms. The van der Waals surface area contributed by atoms with Crippen LogP contribution in [0.1, 0.15) is 26.7 Å². The van der Waals surface area contributed by atoms with Crippen LogP contribution in [0.2, 0.25) is 0 Å². The van der Waals surface area contributed by atoms with Gasteiger partial charge in [0.2, 0.25) is 5.91 Å². The zero-order chi connectivity index (χ0) is 9.40. The van der Waals surface area contributed by atoms with Crippen molar-refractivity contribution in [2.45, 2.75) is 26.7 Å². The second-order valence-corrected chi connectivity index (χ2v) is 3.41. The van der Waals surface area contributed by atoms with Crippen LogP contribution >= 0.6 is 0 Å². The topological polar surface area (TPSA) is 41.1 Å². The minimum absolute atomic E-state index is 0.168. The van der Waals surface area contributed by atoms with E-state index in [1.165, 1.54) is 0 Å². The first-order valence-corrected chi connectivity index (χ1v) is 4.58. The molecule has 0 heterocycles. The average Bonchev–Trinajstić information content (AvgIpc) is 1.97. The molecular formula is C9H20N2O. The van der Waals surface area contributed by atoms with E-state index in [1.807, 2.05) is 20.9 Å². The summed E-state index contributed by atoms with van der Waals surface area (Å²) >= 11 is 0. The molecule has 0 radical (unpaired) electrons. The van der Waals surface area contributed by atoms with Gasteiger partial charge in [0.25, 0.3) is 0 Å². The summed E-state index contributed by atoms with van der Waals surface area (Å²) in [5.74, 6) is 0.621. The summed E-state index contributed by atoms with van der Waals surface area (Å²) in [7, 11) is 1.91. The summed E-state index contributed by atoms with van der Waals surface area (Å²) in [4.78, 5) is 11.1. The van der Waals surface area contributed by atoms with Crippen LogP contribution in [0.25, 0.3) is 0 Å². The number of hydrogen-bond acceptors (Lipinski definition) is 2. The summed E-state index contributed by atoms with van der Waals surface area (Å²) in [5.41, 5.74) is 0. The highest BCUT2D eigenvalue weighted by Gasteiger charge is 2.02. The lowest BCUT2D eigenvalue weighted by molar-refractivity contribution is -0.121. The summed E-state index contributed by atoms with van der Waals surface area (Å²) in [6, 6.07) is 0. The van der Waals surface area contributed by atoms with Gasteiger partial charge in [0.15, 0.2) is 0 Å². The molecule has 0 aromatic carbocycles. The van der Waals surface area contributed by atoms with E-state index in [2.05, 4.69) is 10.6 Å². The van der Waals surface area contributed by atoms with E-state index in [1.54, 1.807) is 0 Å². The number of hydrogen-bond donors (Lipinski definition) is 2. The molecule has 0 aromatic rings. The first kappa shape index (κ1) is 11.4. The van der Waals surface area contributed by atoms with E-state index in [4.69, 9.17) is 0 Å². The molecule has 0 fully saturated rings. The zero-order valence-corrected chi connectivity index (χ0v) is 8.31. The third kappa shape index (κ3) is 7.54. The van der Waals surface area contributed by atoms with Gasteiger partial charge in [0.1, 0.15) is 0 Å². The molecule has 0 atom stereocenters. The van der Waals surface area contributed by atoms with Crippen LogP contribution in [0.4, 0.5) is 0 Å². The fourth-order valence-corrected chi connectivity index (χ4v) is 0.936. The van der Waals surface area contributed by atoms with Crippen LogP contribution in [0.3, 0.4) is 0 Å². The largest absolute Gasteiger partial charge is 0.356 e. The highest BCUT2D eigenvalue weighted by Crippen LogP contribution is 1.97. The number of carbonyl (C=O) groups is 1. The normalized spacial score (nSPS) is 10.3. The minimum atomic E-state index is 0.168. The molecule has 0 aromatic heterocycles. The third-order valence-corrected chi connectivity index (χ3v) is 1.52. The monoisotopic (exact) mass is 172 g/mol. The van der Waals surface area contributed by atoms with Gasteiger partial charge in [-0.1, -0.05) is 13.8 Å². The van der Waals surface area contributed by atoms with E-state index < -0.39 is 0 Å². The molecule has 0 saturated heterocycles. The van der Waals surface area contributed by atoms with Crippen LogP contribution in [-0.4, -0.2) is 26.0 Å². The van der Waals surface area contributed by atoms with E-state index >= 15 is 0 Å². The number of amides is 1. The van der Waals surface area contributed by atoms with Crippen molar-refractivity contribution >= 4 is 5.91 Å². The van der Waals surface area contributed by atoms with Crippen molar-refractivity contribution in [3.05, 3.63) is 0 Å². The molecule has 0 saturated carbocycles. The Bertz CT molecular complexity index is 124. The molecule has 0 unspecified atom stereocenters. The smallest absolute Gasteiger partial charge is 0.220 e. The van der Waals surface area contributed by atoms with Gasteiger partial charge in [-0.15, -0.1) is 0 Å². The number of rotatable bonds is 6. The molecule has 0 spiro atoms. The van der Waals surface area contributed by atoms with Crippen molar-refractivity contribution in [3.8, 4) is 0 Å². The van der Waals surface area contributed by atoms with Crippen molar-refractivity contribution in [1.82, 2.24) is 10.6 Å². The van der Waals surface area contributed by atoms with Crippen molar-refractivity contribution < 1.29 is 4.79 Å². The molecular weight excluding hydrogens is 152 g/mol. The van der Waals surface area contributed by atoms with E-state index in [-0.39, 0.29) is 5.91 Å². The molecule has 3 nitrogen and oxygen atoms in total. The quantitative estimate of drug-likeness (QED) is 0.581. The maximum atomic E-state index is 11.1. The lowest BCUT2D eigenvalue weighted by atomic mass is 10.1. The van der Waals surface area contributed by atoms with E-state index in [9.17, 15) is 4.79 Å². The Morgan fingerprint density at radius 3 is 2.50 bits per heavy atom. The molecule has 0 aliphatic carbocycles. The Hall–Kier alpha value is -0.570. The molecule has 72 valence electrons. The highest BCUT2D eigenvalue weighted by molar-refractivity contribution is 5.75. The zero-order valence-electron chi connectivity index (χ0n) is 8.31. The van der Waals surface area contributed by atoms with Crippen molar-refractivity contribution in [1.29, 1.82) is 0 Å². The predicted octanol–water partition coefficient (Wildman–Crippen LogP) is 0.758. The van der Waals surface area contributed by atoms with E-state index in [0.717, 1.165) is 19.5 Å². The Morgan fingerprint density at radius 2 is 2.00 bits per heavy atom. The van der Waals surface area contributed by atoms with Crippen LogP contribution < -0.4 is 10.6 Å². The SMILES string of the molecule is CNCCCNC(=O)CC(C)C. The maximum Gasteiger partial charge on any atom is 0.220 e. The Morgan fingerprint density at radius 1 is 1.33 bits per heavy atom. The molecule has 3 heteroatoms. The molecule has 0 aliphatic heterocycles. The predicted molar refractivity (Wildman–Crippen MR) is 51.0 cm³/mol. The van der Waals surface area contributed by atoms with Gasteiger partial charge in [-0.05, 0) is 25.9 Å². The standard InChI is InChI=1S/C9H20N2O/c1-8(2)7-9(12)11-6-4-5-10-3/h8,10H,4-7H2,1-3H3,(H,11,12).